The smallest absolute Gasteiger partial charge is 0.0484 e. The van der Waals surface area contributed by atoms with Gasteiger partial charge >= 0.3 is 0 Å². The van der Waals surface area contributed by atoms with Crippen LogP contribution in [-0.4, -0.2) is 66.0 Å². The Morgan fingerprint density at radius 3 is 2.45 bits per heavy atom. The van der Waals surface area contributed by atoms with Gasteiger partial charge in [0.05, 0.1) is 0 Å². The van der Waals surface area contributed by atoms with E-state index in [0.717, 1.165) is 19.6 Å². The van der Waals surface area contributed by atoms with Crippen LogP contribution in [0.1, 0.15) is 36.8 Å². The van der Waals surface area contributed by atoms with Crippen molar-refractivity contribution in [2.75, 3.05) is 46.3 Å². The van der Waals surface area contributed by atoms with Gasteiger partial charge in [-0.25, -0.2) is 0 Å². The Morgan fingerprint density at radius 1 is 0.903 bits per heavy atom. The highest BCUT2D eigenvalue weighted by Crippen LogP contribution is 2.40. The van der Waals surface area contributed by atoms with Gasteiger partial charge in [0.25, 0.3) is 0 Å². The van der Waals surface area contributed by atoms with Gasteiger partial charge in [0, 0.05) is 55.4 Å². The molecule has 0 saturated carbocycles. The van der Waals surface area contributed by atoms with Crippen molar-refractivity contribution >= 4 is 10.9 Å². The number of likely N-dealkylation sites (N-methyl/N-ethyl adjacent to an activating group) is 1. The number of aromatic amines is 1. The molecule has 164 valence electrons. The number of hydrogen-bond acceptors (Lipinski definition) is 3. The van der Waals surface area contributed by atoms with Crippen LogP contribution in [0.2, 0.25) is 0 Å². The number of likely N-dealkylation sites (tertiary alicyclic amines) is 2. The molecule has 0 bridgehead atoms. The van der Waals surface area contributed by atoms with Crippen LogP contribution < -0.4 is 0 Å². The molecule has 0 unspecified atom stereocenters. The molecule has 2 aliphatic rings. The molecule has 5 rings (SSSR count). The monoisotopic (exact) mass is 416 g/mol. The number of fused-ring (bicyclic) bond motifs is 1. The third kappa shape index (κ3) is 4.30. The average molecular weight is 417 g/mol. The van der Waals surface area contributed by atoms with Crippen molar-refractivity contribution in [1.82, 2.24) is 19.7 Å². The van der Waals surface area contributed by atoms with Gasteiger partial charge in [-0.3, -0.25) is 4.90 Å². The lowest BCUT2D eigenvalue weighted by Crippen LogP contribution is -2.53. The zero-order valence-corrected chi connectivity index (χ0v) is 18.9. The third-order valence-corrected chi connectivity index (χ3v) is 7.63. The molecule has 2 saturated heterocycles. The van der Waals surface area contributed by atoms with Crippen molar-refractivity contribution in [3.63, 3.8) is 0 Å². The van der Waals surface area contributed by atoms with Crippen molar-refractivity contribution < 1.29 is 0 Å². The first kappa shape index (κ1) is 20.7. The second-order valence-electron chi connectivity index (χ2n) is 9.53. The predicted molar refractivity (Wildman–Crippen MR) is 129 cm³/mol. The van der Waals surface area contributed by atoms with Gasteiger partial charge in [-0.2, -0.15) is 0 Å². The molecular formula is C27H36N4. The highest BCUT2D eigenvalue weighted by molar-refractivity contribution is 5.82. The molecule has 0 aliphatic carbocycles. The summed E-state index contributed by atoms with van der Waals surface area (Å²) in [5, 5.41) is 1.35. The summed E-state index contributed by atoms with van der Waals surface area (Å²) in [6.07, 6.45) is 7.27. The van der Waals surface area contributed by atoms with Crippen LogP contribution in [0.5, 0.6) is 0 Å². The first-order chi connectivity index (χ1) is 15.2. The largest absolute Gasteiger partial charge is 0.361 e. The minimum Gasteiger partial charge on any atom is -0.361 e. The fourth-order valence-electron chi connectivity index (χ4n) is 5.80. The number of nitrogens with one attached hydrogen (secondary N) is 1. The van der Waals surface area contributed by atoms with Crippen molar-refractivity contribution in [1.29, 1.82) is 0 Å². The Bertz CT molecular complexity index is 965. The maximum absolute atomic E-state index is 3.33. The quantitative estimate of drug-likeness (QED) is 0.605. The summed E-state index contributed by atoms with van der Waals surface area (Å²) >= 11 is 0. The van der Waals surface area contributed by atoms with Crippen LogP contribution in [0.25, 0.3) is 10.9 Å². The van der Waals surface area contributed by atoms with Crippen molar-refractivity contribution in [2.45, 2.75) is 37.8 Å². The summed E-state index contributed by atoms with van der Waals surface area (Å²) in [7, 11) is 2.26. The van der Waals surface area contributed by atoms with Crippen LogP contribution in [0.3, 0.4) is 0 Å². The van der Waals surface area contributed by atoms with Gasteiger partial charge in [-0.05, 0) is 69.1 Å². The van der Waals surface area contributed by atoms with E-state index in [1.165, 1.54) is 73.9 Å². The Kier molecular flexibility index (Phi) is 6.13. The first-order valence-corrected chi connectivity index (χ1v) is 12.0. The number of H-pyrrole nitrogens is 1. The van der Waals surface area contributed by atoms with Crippen molar-refractivity contribution in [3.05, 3.63) is 71.9 Å². The zero-order valence-electron chi connectivity index (χ0n) is 18.9. The molecular weight excluding hydrogens is 380 g/mol. The molecule has 0 spiro atoms. The van der Waals surface area contributed by atoms with E-state index < -0.39 is 0 Å². The molecule has 4 nitrogen and oxygen atoms in total. The fraction of sp³-hybridized carbons (Fsp3) is 0.481. The van der Waals surface area contributed by atoms with E-state index in [1.54, 1.807) is 0 Å². The van der Waals surface area contributed by atoms with Crippen LogP contribution in [-0.2, 0) is 12.1 Å². The van der Waals surface area contributed by atoms with Gasteiger partial charge in [0.15, 0.2) is 0 Å². The molecule has 2 aliphatic heterocycles. The molecule has 3 aromatic rings. The molecule has 2 fully saturated rings. The molecule has 2 aromatic carbocycles. The lowest BCUT2D eigenvalue weighted by molar-refractivity contribution is 0.0316. The summed E-state index contributed by atoms with van der Waals surface area (Å²) in [6.45, 7) is 8.21. The molecule has 0 radical (unpaired) electrons. The maximum atomic E-state index is 3.33. The lowest BCUT2D eigenvalue weighted by atomic mass is 9.79. The van der Waals surface area contributed by atoms with Crippen molar-refractivity contribution in [3.8, 4) is 0 Å². The van der Waals surface area contributed by atoms with Crippen LogP contribution in [0.4, 0.5) is 0 Å². The minimum absolute atomic E-state index is 0.254. The number of benzene rings is 2. The van der Waals surface area contributed by atoms with Gasteiger partial charge in [-0.1, -0.05) is 42.5 Å². The van der Waals surface area contributed by atoms with E-state index in [2.05, 4.69) is 81.3 Å². The number of nitrogens with zero attached hydrogens (tertiary/aromatic N) is 3. The zero-order chi connectivity index (χ0) is 21.1. The van der Waals surface area contributed by atoms with Crippen molar-refractivity contribution in [2.24, 2.45) is 0 Å². The number of hydrogen-bond donors (Lipinski definition) is 1. The van der Waals surface area contributed by atoms with E-state index >= 15 is 0 Å². The highest BCUT2D eigenvalue weighted by atomic mass is 15.3. The lowest BCUT2D eigenvalue weighted by Gasteiger charge is -2.48. The maximum Gasteiger partial charge on any atom is 0.0484 e. The summed E-state index contributed by atoms with van der Waals surface area (Å²) in [6, 6.07) is 20.1. The van der Waals surface area contributed by atoms with E-state index in [9.17, 15) is 0 Å². The molecule has 31 heavy (non-hydrogen) atoms. The van der Waals surface area contributed by atoms with Gasteiger partial charge < -0.3 is 14.8 Å². The second kappa shape index (κ2) is 9.15. The standard InChI is InChI=1S/C27H36N4/c1-29(22-23-8-7-11-26-25(23)12-15-28-26)20-21-30-18-13-27(14-19-30,31-16-5-6-17-31)24-9-3-2-4-10-24/h2-4,7-12,15,28H,5-6,13-14,16-22H2,1H3. The second-order valence-corrected chi connectivity index (χ2v) is 9.53. The summed E-state index contributed by atoms with van der Waals surface area (Å²) in [4.78, 5) is 11.3. The number of rotatable bonds is 7. The third-order valence-electron chi connectivity index (χ3n) is 7.63. The van der Waals surface area contributed by atoms with E-state index in [1.807, 2.05) is 6.20 Å². The van der Waals surface area contributed by atoms with Crippen LogP contribution >= 0.6 is 0 Å². The normalized spacial score (nSPS) is 20.1. The fourth-order valence-corrected chi connectivity index (χ4v) is 5.80. The van der Waals surface area contributed by atoms with Crippen LogP contribution in [0, 0.1) is 0 Å². The number of aromatic nitrogens is 1. The Hall–Kier alpha value is -2.14. The molecule has 0 amide bonds. The summed E-state index contributed by atoms with van der Waals surface area (Å²) in [5.74, 6) is 0. The summed E-state index contributed by atoms with van der Waals surface area (Å²) < 4.78 is 0. The van der Waals surface area contributed by atoms with Crippen LogP contribution in [0.15, 0.2) is 60.8 Å². The van der Waals surface area contributed by atoms with E-state index in [4.69, 9.17) is 0 Å². The van der Waals surface area contributed by atoms with E-state index in [-0.39, 0.29) is 5.54 Å². The highest BCUT2D eigenvalue weighted by Gasteiger charge is 2.41. The molecule has 1 aromatic heterocycles. The molecule has 1 N–H and O–H groups in total. The molecule has 0 atom stereocenters. The Balaban J connectivity index is 1.19. The van der Waals surface area contributed by atoms with Gasteiger partial charge in [0.1, 0.15) is 0 Å². The topological polar surface area (TPSA) is 25.5 Å². The minimum atomic E-state index is 0.254. The van der Waals surface area contributed by atoms with E-state index in [0.29, 0.717) is 0 Å². The SMILES string of the molecule is CN(CCN1CCC(c2ccccc2)(N2CCCC2)CC1)Cc1cccc2[nH]ccc12. The Morgan fingerprint density at radius 2 is 1.68 bits per heavy atom. The summed E-state index contributed by atoms with van der Waals surface area (Å²) in [5.41, 5.74) is 4.44. The predicted octanol–water partition coefficient (Wildman–Crippen LogP) is 4.69. The Labute approximate surface area is 186 Å². The van der Waals surface area contributed by atoms with Gasteiger partial charge in [-0.15, -0.1) is 0 Å². The number of piperidine rings is 1. The first-order valence-electron chi connectivity index (χ1n) is 12.0. The molecule has 4 heteroatoms. The van der Waals surface area contributed by atoms with Gasteiger partial charge in [0.2, 0.25) is 0 Å². The molecule has 3 heterocycles. The average Bonchev–Trinajstić information content (AvgIpc) is 3.52.